The van der Waals surface area contributed by atoms with E-state index in [1.165, 1.54) is 17.2 Å². The average Bonchev–Trinajstić information content (AvgIpc) is 2.75. The van der Waals surface area contributed by atoms with Crippen molar-refractivity contribution in [2.75, 3.05) is 52.4 Å². The van der Waals surface area contributed by atoms with Crippen molar-refractivity contribution in [2.45, 2.75) is 32.9 Å². The monoisotopic (exact) mass is 446 g/mol. The second-order valence-electron chi connectivity index (χ2n) is 8.58. The molecule has 1 aliphatic heterocycles. The molecule has 0 unspecified atom stereocenters. The Hall–Kier alpha value is -1.50. The third kappa shape index (κ3) is 7.85. The molecule has 2 N–H and O–H groups in total. The summed E-state index contributed by atoms with van der Waals surface area (Å²) in [5, 5.41) is 0.503. The van der Waals surface area contributed by atoms with Gasteiger partial charge in [0.05, 0.1) is 0 Å². The van der Waals surface area contributed by atoms with Crippen LogP contribution in [0.15, 0.2) is 42.5 Å². The highest BCUT2D eigenvalue weighted by Gasteiger charge is 2.17. The van der Waals surface area contributed by atoms with Gasteiger partial charge in [-0.1, -0.05) is 47.5 Å². The molecule has 1 saturated heterocycles. The molecule has 1 fully saturated rings. The standard InChI is InChI=1S/C25H36ClFN4/c1-21-6-2-7-22(18-21)19-31(20-23-24(26)8-3-9-25(23)27)13-5-12-30-16-14-29(15-17-30)11-4-10-28/h2-3,6-9,18H,4-5,10-17,19-20,28H2,1H3. The van der Waals surface area contributed by atoms with Crippen LogP contribution in [0.1, 0.15) is 29.5 Å². The fourth-order valence-electron chi connectivity index (χ4n) is 4.26. The second-order valence-corrected chi connectivity index (χ2v) is 8.99. The lowest BCUT2D eigenvalue weighted by Crippen LogP contribution is -2.47. The van der Waals surface area contributed by atoms with Crippen LogP contribution >= 0.6 is 11.6 Å². The van der Waals surface area contributed by atoms with Gasteiger partial charge in [-0.2, -0.15) is 0 Å². The van der Waals surface area contributed by atoms with Crippen molar-refractivity contribution in [1.29, 1.82) is 0 Å². The van der Waals surface area contributed by atoms with E-state index in [4.69, 9.17) is 17.3 Å². The van der Waals surface area contributed by atoms with E-state index in [9.17, 15) is 4.39 Å². The highest BCUT2D eigenvalue weighted by Crippen LogP contribution is 2.22. The van der Waals surface area contributed by atoms with Gasteiger partial charge in [0.15, 0.2) is 0 Å². The quantitative estimate of drug-likeness (QED) is 0.562. The highest BCUT2D eigenvalue weighted by atomic mass is 35.5. The van der Waals surface area contributed by atoms with Gasteiger partial charge in [0.1, 0.15) is 5.82 Å². The lowest BCUT2D eigenvalue weighted by Gasteiger charge is -2.35. The molecule has 0 amide bonds. The summed E-state index contributed by atoms with van der Waals surface area (Å²) >= 11 is 6.32. The summed E-state index contributed by atoms with van der Waals surface area (Å²) in [5.41, 5.74) is 8.71. The molecule has 4 nitrogen and oxygen atoms in total. The topological polar surface area (TPSA) is 35.7 Å². The van der Waals surface area contributed by atoms with E-state index in [0.29, 0.717) is 17.1 Å². The Morgan fingerprint density at radius 1 is 0.968 bits per heavy atom. The van der Waals surface area contributed by atoms with Crippen LogP contribution in [0.5, 0.6) is 0 Å². The van der Waals surface area contributed by atoms with Crippen LogP contribution in [-0.2, 0) is 13.1 Å². The zero-order valence-corrected chi connectivity index (χ0v) is 19.5. The van der Waals surface area contributed by atoms with Crippen molar-refractivity contribution in [2.24, 2.45) is 5.73 Å². The van der Waals surface area contributed by atoms with Gasteiger partial charge in [-0.3, -0.25) is 4.90 Å². The van der Waals surface area contributed by atoms with Gasteiger partial charge in [-0.25, -0.2) is 4.39 Å². The number of nitrogens with zero attached hydrogens (tertiary/aromatic N) is 3. The summed E-state index contributed by atoms with van der Waals surface area (Å²) in [7, 11) is 0. The van der Waals surface area contributed by atoms with Crippen molar-refractivity contribution in [3.05, 3.63) is 70.0 Å². The van der Waals surface area contributed by atoms with Gasteiger partial charge in [-0.05, 0) is 57.1 Å². The number of nitrogens with two attached hydrogens (primary N) is 1. The van der Waals surface area contributed by atoms with E-state index in [1.807, 2.05) is 0 Å². The van der Waals surface area contributed by atoms with Gasteiger partial charge in [0, 0.05) is 56.4 Å². The molecule has 1 heterocycles. The van der Waals surface area contributed by atoms with Gasteiger partial charge < -0.3 is 15.5 Å². The van der Waals surface area contributed by atoms with E-state index < -0.39 is 0 Å². The smallest absolute Gasteiger partial charge is 0.129 e. The lowest BCUT2D eigenvalue weighted by atomic mass is 10.1. The Kier molecular flexibility index (Phi) is 9.75. The van der Waals surface area contributed by atoms with Crippen LogP contribution in [0.2, 0.25) is 5.02 Å². The first-order chi connectivity index (χ1) is 15.0. The molecular weight excluding hydrogens is 411 g/mol. The normalized spacial score (nSPS) is 15.6. The molecule has 0 radical (unpaired) electrons. The first-order valence-corrected chi connectivity index (χ1v) is 11.8. The third-order valence-corrected chi connectivity index (χ3v) is 6.38. The molecule has 0 saturated carbocycles. The maximum Gasteiger partial charge on any atom is 0.129 e. The number of rotatable bonds is 11. The third-order valence-electron chi connectivity index (χ3n) is 6.02. The number of benzene rings is 2. The first-order valence-electron chi connectivity index (χ1n) is 11.4. The predicted molar refractivity (Wildman–Crippen MR) is 128 cm³/mol. The molecule has 6 heteroatoms. The van der Waals surface area contributed by atoms with Crippen molar-refractivity contribution in [1.82, 2.24) is 14.7 Å². The van der Waals surface area contributed by atoms with Crippen molar-refractivity contribution < 1.29 is 4.39 Å². The zero-order chi connectivity index (χ0) is 22.1. The van der Waals surface area contributed by atoms with E-state index in [2.05, 4.69) is 45.9 Å². The van der Waals surface area contributed by atoms with Gasteiger partial charge in [0.25, 0.3) is 0 Å². The highest BCUT2D eigenvalue weighted by molar-refractivity contribution is 6.31. The summed E-state index contributed by atoms with van der Waals surface area (Å²) < 4.78 is 14.4. The summed E-state index contributed by atoms with van der Waals surface area (Å²) in [6.07, 6.45) is 2.13. The van der Waals surface area contributed by atoms with Crippen molar-refractivity contribution >= 4 is 11.6 Å². The Morgan fingerprint density at radius 3 is 2.29 bits per heavy atom. The molecular formula is C25H36ClFN4. The van der Waals surface area contributed by atoms with Crippen LogP contribution in [0.4, 0.5) is 4.39 Å². The molecule has 1 aliphatic rings. The zero-order valence-electron chi connectivity index (χ0n) is 18.7. The van der Waals surface area contributed by atoms with Crippen LogP contribution in [0.25, 0.3) is 0 Å². The minimum atomic E-state index is -0.227. The molecule has 170 valence electrons. The molecule has 0 aromatic heterocycles. The Labute approximate surface area is 191 Å². The van der Waals surface area contributed by atoms with Crippen LogP contribution in [0.3, 0.4) is 0 Å². The average molecular weight is 447 g/mol. The number of aryl methyl sites for hydroxylation is 1. The molecule has 0 spiro atoms. The molecule has 2 aromatic carbocycles. The van der Waals surface area contributed by atoms with Gasteiger partial charge in [-0.15, -0.1) is 0 Å². The van der Waals surface area contributed by atoms with Crippen molar-refractivity contribution in [3.63, 3.8) is 0 Å². The minimum absolute atomic E-state index is 0.227. The predicted octanol–water partition coefficient (Wildman–Crippen LogP) is 4.15. The van der Waals surface area contributed by atoms with Crippen LogP contribution < -0.4 is 5.73 Å². The first kappa shape index (κ1) is 24.1. The maximum absolute atomic E-state index is 14.4. The van der Waals surface area contributed by atoms with Crippen LogP contribution in [0, 0.1) is 12.7 Å². The van der Waals surface area contributed by atoms with Gasteiger partial charge >= 0.3 is 0 Å². The fraction of sp³-hybridized carbons (Fsp3) is 0.520. The SMILES string of the molecule is Cc1cccc(CN(CCCN2CCN(CCCN)CC2)Cc2c(F)cccc2Cl)c1. The molecule has 0 aliphatic carbocycles. The fourth-order valence-corrected chi connectivity index (χ4v) is 4.48. The molecule has 2 aromatic rings. The number of halogens is 2. The molecule has 0 atom stereocenters. The van der Waals surface area contributed by atoms with Gasteiger partial charge in [0.2, 0.25) is 0 Å². The Morgan fingerprint density at radius 2 is 1.65 bits per heavy atom. The van der Waals surface area contributed by atoms with Crippen molar-refractivity contribution in [3.8, 4) is 0 Å². The second kappa shape index (κ2) is 12.5. The Balaban J connectivity index is 1.55. The maximum atomic E-state index is 14.4. The molecule has 3 rings (SSSR count). The number of hydrogen-bond donors (Lipinski definition) is 1. The summed E-state index contributed by atoms with van der Waals surface area (Å²) in [6, 6.07) is 13.5. The van der Waals surface area contributed by atoms with E-state index in [-0.39, 0.29) is 5.82 Å². The largest absolute Gasteiger partial charge is 0.330 e. The molecule has 31 heavy (non-hydrogen) atoms. The summed E-state index contributed by atoms with van der Waals surface area (Å²) in [5.74, 6) is -0.227. The lowest BCUT2D eigenvalue weighted by molar-refractivity contribution is 0.125. The summed E-state index contributed by atoms with van der Waals surface area (Å²) in [6.45, 7) is 11.7. The summed E-state index contributed by atoms with van der Waals surface area (Å²) in [4.78, 5) is 7.37. The van der Waals surface area contributed by atoms with E-state index in [0.717, 1.165) is 71.7 Å². The minimum Gasteiger partial charge on any atom is -0.330 e. The van der Waals surface area contributed by atoms with E-state index >= 15 is 0 Å². The molecule has 0 bridgehead atoms. The van der Waals surface area contributed by atoms with E-state index in [1.54, 1.807) is 12.1 Å². The van der Waals surface area contributed by atoms with Crippen LogP contribution in [-0.4, -0.2) is 67.1 Å². The Bertz CT molecular complexity index is 788. The number of piperazine rings is 1. The number of hydrogen-bond acceptors (Lipinski definition) is 4.